The van der Waals surface area contributed by atoms with Gasteiger partial charge in [-0.2, -0.15) is 5.10 Å². The van der Waals surface area contributed by atoms with Gasteiger partial charge in [-0.05, 0) is 36.4 Å². The van der Waals surface area contributed by atoms with Crippen molar-refractivity contribution in [1.29, 1.82) is 0 Å². The van der Waals surface area contributed by atoms with Crippen molar-refractivity contribution < 1.29 is 5.11 Å². The number of halogens is 4. The number of H-pyrrole nitrogens is 1. The lowest BCUT2D eigenvalue weighted by molar-refractivity contribution is 0.477. The minimum atomic E-state index is -0.0775. The van der Waals surface area contributed by atoms with Gasteiger partial charge in [0.25, 0.3) is 0 Å². The van der Waals surface area contributed by atoms with Gasteiger partial charge < -0.3 is 5.11 Å². The summed E-state index contributed by atoms with van der Waals surface area (Å²) >= 11 is 24.0. The molecule has 0 radical (unpaired) electrons. The van der Waals surface area contributed by atoms with E-state index >= 15 is 0 Å². The first kappa shape index (κ1) is 15.5. The molecule has 2 N–H and O–H groups in total. The van der Waals surface area contributed by atoms with E-state index in [1.165, 1.54) is 6.07 Å². The van der Waals surface area contributed by atoms with E-state index in [-0.39, 0.29) is 10.8 Å². The van der Waals surface area contributed by atoms with Gasteiger partial charge in [-0.1, -0.05) is 46.4 Å². The van der Waals surface area contributed by atoms with E-state index in [1.807, 2.05) is 0 Å². The molecule has 0 atom stereocenters. The molecule has 0 aliphatic carbocycles. The Morgan fingerprint density at radius 1 is 0.818 bits per heavy atom. The molecule has 2 aromatic carbocycles. The number of phenolic OH excluding ortho intramolecular Hbond substituents is 1. The van der Waals surface area contributed by atoms with Crippen molar-refractivity contribution in [2.24, 2.45) is 0 Å². The SMILES string of the molecule is Oc1c(Cl)cc(Cl)cc1-c1cc(-c2ccc(Cl)cc2Cl)[nH]n1. The minimum absolute atomic E-state index is 0.0775. The van der Waals surface area contributed by atoms with Crippen molar-refractivity contribution in [1.82, 2.24) is 10.2 Å². The summed E-state index contributed by atoms with van der Waals surface area (Å²) in [6.07, 6.45) is 0. The van der Waals surface area contributed by atoms with E-state index in [2.05, 4.69) is 10.2 Å². The van der Waals surface area contributed by atoms with Crippen LogP contribution in [0.25, 0.3) is 22.5 Å². The molecule has 3 rings (SSSR count). The Bertz CT molecular complexity index is 861. The molecule has 0 spiro atoms. The molecule has 1 heterocycles. The summed E-state index contributed by atoms with van der Waals surface area (Å²) in [7, 11) is 0. The fraction of sp³-hybridized carbons (Fsp3) is 0. The van der Waals surface area contributed by atoms with Crippen LogP contribution in [0.15, 0.2) is 36.4 Å². The molecule has 7 heteroatoms. The van der Waals surface area contributed by atoms with E-state index < -0.39 is 0 Å². The molecular formula is C15H8Cl4N2O. The maximum absolute atomic E-state index is 10.1. The third kappa shape index (κ3) is 2.90. The largest absolute Gasteiger partial charge is 0.506 e. The molecule has 0 fully saturated rings. The predicted octanol–water partition coefficient (Wildman–Crippen LogP) is 6.06. The van der Waals surface area contributed by atoms with Crippen molar-refractivity contribution in [3.05, 3.63) is 56.5 Å². The summed E-state index contributed by atoms with van der Waals surface area (Å²) < 4.78 is 0. The highest BCUT2D eigenvalue weighted by Crippen LogP contribution is 2.38. The average Bonchev–Trinajstić information content (AvgIpc) is 2.92. The zero-order valence-corrected chi connectivity index (χ0v) is 13.9. The highest BCUT2D eigenvalue weighted by Gasteiger charge is 2.14. The average molecular weight is 374 g/mol. The zero-order valence-electron chi connectivity index (χ0n) is 10.9. The number of phenols is 1. The zero-order chi connectivity index (χ0) is 15.9. The van der Waals surface area contributed by atoms with Gasteiger partial charge in [0.1, 0.15) is 5.75 Å². The monoisotopic (exact) mass is 372 g/mol. The molecule has 3 nitrogen and oxygen atoms in total. The highest BCUT2D eigenvalue weighted by molar-refractivity contribution is 6.37. The molecule has 1 aromatic heterocycles. The van der Waals surface area contributed by atoms with Crippen LogP contribution in [0.5, 0.6) is 5.75 Å². The maximum Gasteiger partial charge on any atom is 0.143 e. The Morgan fingerprint density at radius 3 is 2.27 bits per heavy atom. The fourth-order valence-corrected chi connectivity index (χ4v) is 3.07. The molecule has 0 saturated heterocycles. The molecule has 0 saturated carbocycles. The first-order chi connectivity index (χ1) is 10.5. The molecular weight excluding hydrogens is 366 g/mol. The number of rotatable bonds is 2. The topological polar surface area (TPSA) is 48.9 Å². The summed E-state index contributed by atoms with van der Waals surface area (Å²) in [5.74, 6) is -0.0775. The standard InChI is InChI=1S/C15H8Cl4N2O/c16-7-1-2-9(11(18)4-7)13-6-14(21-20-13)10-3-8(17)5-12(19)15(10)22/h1-6,22H,(H,20,21). The summed E-state index contributed by atoms with van der Waals surface area (Å²) in [5, 5.41) is 18.7. The van der Waals surface area contributed by atoms with Crippen LogP contribution < -0.4 is 0 Å². The molecule has 0 amide bonds. The second-order valence-electron chi connectivity index (χ2n) is 4.57. The summed E-state index contributed by atoms with van der Waals surface area (Å²) in [6, 6.07) is 9.96. The lowest BCUT2D eigenvalue weighted by Gasteiger charge is -2.04. The predicted molar refractivity (Wildman–Crippen MR) is 91.2 cm³/mol. The quantitative estimate of drug-likeness (QED) is 0.573. The van der Waals surface area contributed by atoms with Gasteiger partial charge in [0.05, 0.1) is 21.4 Å². The summed E-state index contributed by atoms with van der Waals surface area (Å²) in [5.41, 5.74) is 2.37. The van der Waals surface area contributed by atoms with E-state index in [0.29, 0.717) is 32.0 Å². The lowest BCUT2D eigenvalue weighted by atomic mass is 10.1. The van der Waals surface area contributed by atoms with Crippen LogP contribution in [0.2, 0.25) is 20.1 Å². The normalized spacial score (nSPS) is 10.9. The van der Waals surface area contributed by atoms with Crippen molar-refractivity contribution >= 4 is 46.4 Å². The van der Waals surface area contributed by atoms with Gasteiger partial charge in [0.2, 0.25) is 0 Å². The first-order valence-electron chi connectivity index (χ1n) is 6.15. The number of aromatic amines is 1. The number of hydrogen-bond acceptors (Lipinski definition) is 2. The number of aromatic hydroxyl groups is 1. The van der Waals surface area contributed by atoms with Gasteiger partial charge in [0.15, 0.2) is 0 Å². The van der Waals surface area contributed by atoms with Gasteiger partial charge in [-0.15, -0.1) is 0 Å². The summed E-state index contributed by atoms with van der Waals surface area (Å²) in [4.78, 5) is 0. The molecule has 0 unspecified atom stereocenters. The Labute approximate surface area is 146 Å². The van der Waals surface area contributed by atoms with E-state index in [0.717, 1.165) is 5.56 Å². The van der Waals surface area contributed by atoms with Crippen LogP contribution in [-0.2, 0) is 0 Å². The second kappa shape index (κ2) is 6.01. The Balaban J connectivity index is 2.08. The van der Waals surface area contributed by atoms with E-state index in [4.69, 9.17) is 46.4 Å². The van der Waals surface area contributed by atoms with Gasteiger partial charge in [-0.3, -0.25) is 5.10 Å². The van der Waals surface area contributed by atoms with Crippen LogP contribution in [0.4, 0.5) is 0 Å². The molecule has 3 aromatic rings. The van der Waals surface area contributed by atoms with Crippen molar-refractivity contribution in [2.75, 3.05) is 0 Å². The number of aromatic nitrogens is 2. The Hall–Kier alpha value is -1.39. The van der Waals surface area contributed by atoms with Crippen LogP contribution in [0.3, 0.4) is 0 Å². The Morgan fingerprint density at radius 2 is 1.55 bits per heavy atom. The number of benzene rings is 2. The molecule has 0 aliphatic heterocycles. The highest BCUT2D eigenvalue weighted by atomic mass is 35.5. The smallest absolute Gasteiger partial charge is 0.143 e. The molecule has 0 bridgehead atoms. The number of hydrogen-bond donors (Lipinski definition) is 2. The van der Waals surface area contributed by atoms with Crippen LogP contribution in [0.1, 0.15) is 0 Å². The van der Waals surface area contributed by atoms with Gasteiger partial charge in [-0.25, -0.2) is 0 Å². The van der Waals surface area contributed by atoms with Crippen LogP contribution >= 0.6 is 46.4 Å². The van der Waals surface area contributed by atoms with Gasteiger partial charge in [0, 0.05) is 21.2 Å². The lowest BCUT2D eigenvalue weighted by Crippen LogP contribution is -1.81. The van der Waals surface area contributed by atoms with E-state index in [1.54, 1.807) is 30.3 Å². The van der Waals surface area contributed by atoms with Crippen molar-refractivity contribution in [3.63, 3.8) is 0 Å². The van der Waals surface area contributed by atoms with Crippen molar-refractivity contribution in [3.8, 4) is 28.3 Å². The van der Waals surface area contributed by atoms with Gasteiger partial charge >= 0.3 is 0 Å². The molecule has 0 aliphatic rings. The number of nitrogens with one attached hydrogen (secondary N) is 1. The van der Waals surface area contributed by atoms with Crippen LogP contribution in [0, 0.1) is 0 Å². The third-order valence-electron chi connectivity index (χ3n) is 3.10. The third-order valence-corrected chi connectivity index (χ3v) is 4.16. The first-order valence-corrected chi connectivity index (χ1v) is 7.66. The van der Waals surface area contributed by atoms with Crippen LogP contribution in [-0.4, -0.2) is 15.3 Å². The van der Waals surface area contributed by atoms with Crippen molar-refractivity contribution in [2.45, 2.75) is 0 Å². The molecule has 22 heavy (non-hydrogen) atoms. The minimum Gasteiger partial charge on any atom is -0.506 e. The molecule has 112 valence electrons. The summed E-state index contributed by atoms with van der Waals surface area (Å²) in [6.45, 7) is 0. The Kier molecular flexibility index (Phi) is 4.24. The fourth-order valence-electron chi connectivity index (χ4n) is 2.07. The maximum atomic E-state index is 10.1. The van der Waals surface area contributed by atoms with E-state index in [9.17, 15) is 5.11 Å². The number of nitrogens with zero attached hydrogens (tertiary/aromatic N) is 1. The second-order valence-corrected chi connectivity index (χ2v) is 6.26.